The minimum atomic E-state index is 0.678. The minimum Gasteiger partial charge on any atom is -0.370 e. The molecule has 3 atom stereocenters. The first-order valence-electron chi connectivity index (χ1n) is 3.93. The largest absolute Gasteiger partial charge is 0.370 e. The van der Waals surface area contributed by atoms with Gasteiger partial charge in [0.05, 0.1) is 12.2 Å². The van der Waals surface area contributed by atoms with E-state index in [2.05, 4.69) is 13.8 Å². The number of hydrogen-bond donors (Lipinski definition) is 0. The highest BCUT2D eigenvalue weighted by molar-refractivity contribution is 4.96. The van der Waals surface area contributed by atoms with Gasteiger partial charge in [0.25, 0.3) is 0 Å². The quantitative estimate of drug-likeness (QED) is 0.488. The molecule has 1 aliphatic carbocycles. The first kappa shape index (κ1) is 5.72. The molecule has 0 spiro atoms. The van der Waals surface area contributed by atoms with Gasteiger partial charge in [-0.05, 0) is 24.7 Å². The second-order valence-corrected chi connectivity index (χ2v) is 3.69. The van der Waals surface area contributed by atoms with E-state index in [4.69, 9.17) is 4.74 Å². The normalized spacial score (nSPS) is 47.7. The Balaban J connectivity index is 1.90. The summed E-state index contributed by atoms with van der Waals surface area (Å²) in [5.74, 6) is 1.84. The van der Waals surface area contributed by atoms with Gasteiger partial charge in [0.1, 0.15) is 0 Å². The Kier molecular flexibility index (Phi) is 1.10. The number of fused-ring (bicyclic) bond motifs is 1. The molecule has 0 amide bonds. The van der Waals surface area contributed by atoms with E-state index in [1.165, 1.54) is 12.8 Å². The van der Waals surface area contributed by atoms with E-state index in [-0.39, 0.29) is 0 Å². The topological polar surface area (TPSA) is 12.5 Å². The summed E-state index contributed by atoms with van der Waals surface area (Å²) in [5.41, 5.74) is 0. The van der Waals surface area contributed by atoms with E-state index in [1.807, 2.05) is 0 Å². The van der Waals surface area contributed by atoms with Crippen LogP contribution in [0, 0.1) is 11.8 Å². The molecule has 0 aromatic heterocycles. The molecule has 0 bridgehead atoms. The van der Waals surface area contributed by atoms with Crippen molar-refractivity contribution in [2.24, 2.45) is 11.8 Å². The fourth-order valence-electron chi connectivity index (χ4n) is 1.83. The van der Waals surface area contributed by atoms with Crippen LogP contribution < -0.4 is 0 Å². The van der Waals surface area contributed by atoms with E-state index < -0.39 is 0 Å². The molecular formula is C8H14O. The van der Waals surface area contributed by atoms with E-state index in [0.29, 0.717) is 12.2 Å². The van der Waals surface area contributed by atoms with E-state index in [9.17, 15) is 0 Å². The van der Waals surface area contributed by atoms with Crippen LogP contribution in [0.3, 0.4) is 0 Å². The van der Waals surface area contributed by atoms with Crippen LogP contribution in [0.1, 0.15) is 26.7 Å². The molecule has 2 fully saturated rings. The molecule has 9 heavy (non-hydrogen) atoms. The first-order valence-corrected chi connectivity index (χ1v) is 3.93. The van der Waals surface area contributed by atoms with Crippen LogP contribution in [0.15, 0.2) is 0 Å². The van der Waals surface area contributed by atoms with Crippen molar-refractivity contribution >= 4 is 0 Å². The molecular weight excluding hydrogens is 112 g/mol. The zero-order chi connectivity index (χ0) is 6.43. The Labute approximate surface area is 56.4 Å². The van der Waals surface area contributed by atoms with Crippen molar-refractivity contribution < 1.29 is 4.74 Å². The van der Waals surface area contributed by atoms with Crippen molar-refractivity contribution in [1.82, 2.24) is 0 Å². The summed E-state index contributed by atoms with van der Waals surface area (Å²) < 4.78 is 5.33. The third kappa shape index (κ3) is 0.877. The first-order chi connectivity index (χ1) is 4.27. The molecule has 1 unspecified atom stereocenters. The maximum atomic E-state index is 5.33. The van der Waals surface area contributed by atoms with Crippen LogP contribution in [0.25, 0.3) is 0 Å². The molecule has 0 N–H and O–H groups in total. The summed E-state index contributed by atoms with van der Waals surface area (Å²) in [6.45, 7) is 4.63. The molecule has 2 rings (SSSR count). The molecule has 1 aliphatic heterocycles. The summed E-state index contributed by atoms with van der Waals surface area (Å²) in [6.07, 6.45) is 4.03. The molecule has 0 aromatic carbocycles. The third-order valence-electron chi connectivity index (χ3n) is 2.70. The summed E-state index contributed by atoms with van der Waals surface area (Å²) in [6, 6.07) is 0. The van der Waals surface area contributed by atoms with Gasteiger partial charge in [-0.25, -0.2) is 0 Å². The van der Waals surface area contributed by atoms with E-state index >= 15 is 0 Å². The molecule has 1 saturated carbocycles. The predicted molar refractivity (Wildman–Crippen MR) is 36.2 cm³/mol. The maximum Gasteiger partial charge on any atom is 0.0844 e. The summed E-state index contributed by atoms with van der Waals surface area (Å²) in [5, 5.41) is 0. The highest BCUT2D eigenvalue weighted by atomic mass is 16.6. The minimum absolute atomic E-state index is 0.678. The van der Waals surface area contributed by atoms with Crippen molar-refractivity contribution in [1.29, 1.82) is 0 Å². The number of ether oxygens (including phenoxy) is 1. The molecule has 52 valence electrons. The fraction of sp³-hybridized carbons (Fsp3) is 1.00. The van der Waals surface area contributed by atoms with Crippen molar-refractivity contribution in [3.8, 4) is 0 Å². The van der Waals surface area contributed by atoms with E-state index in [1.54, 1.807) is 0 Å². The second-order valence-electron chi connectivity index (χ2n) is 3.69. The van der Waals surface area contributed by atoms with Gasteiger partial charge in [-0.1, -0.05) is 13.8 Å². The lowest BCUT2D eigenvalue weighted by atomic mass is 9.94. The number of epoxide rings is 1. The number of hydrogen-bond acceptors (Lipinski definition) is 1. The van der Waals surface area contributed by atoms with Gasteiger partial charge in [0, 0.05) is 0 Å². The van der Waals surface area contributed by atoms with Gasteiger partial charge in [-0.2, -0.15) is 0 Å². The van der Waals surface area contributed by atoms with Crippen LogP contribution >= 0.6 is 0 Å². The predicted octanol–water partition coefficient (Wildman–Crippen LogP) is 1.82. The average molecular weight is 126 g/mol. The molecule has 1 saturated heterocycles. The van der Waals surface area contributed by atoms with Crippen molar-refractivity contribution in [3.63, 3.8) is 0 Å². The van der Waals surface area contributed by atoms with Gasteiger partial charge < -0.3 is 4.74 Å². The monoisotopic (exact) mass is 126 g/mol. The van der Waals surface area contributed by atoms with Crippen LogP contribution in [0.2, 0.25) is 0 Å². The zero-order valence-electron chi connectivity index (χ0n) is 6.13. The van der Waals surface area contributed by atoms with Gasteiger partial charge in [0.2, 0.25) is 0 Å². The maximum absolute atomic E-state index is 5.33. The van der Waals surface area contributed by atoms with Crippen LogP contribution in [0.5, 0.6) is 0 Å². The summed E-state index contributed by atoms with van der Waals surface area (Å²) in [4.78, 5) is 0. The Hall–Kier alpha value is -0.0400. The Morgan fingerprint density at radius 1 is 1.22 bits per heavy atom. The van der Waals surface area contributed by atoms with Gasteiger partial charge >= 0.3 is 0 Å². The second kappa shape index (κ2) is 1.72. The molecule has 1 nitrogen and oxygen atoms in total. The molecule has 0 aromatic rings. The lowest BCUT2D eigenvalue weighted by Gasteiger charge is -2.14. The van der Waals surface area contributed by atoms with Crippen molar-refractivity contribution in [2.75, 3.05) is 0 Å². The van der Waals surface area contributed by atoms with Gasteiger partial charge in [-0.3, -0.25) is 0 Å². The molecule has 1 heteroatoms. The van der Waals surface area contributed by atoms with Crippen molar-refractivity contribution in [3.05, 3.63) is 0 Å². The standard InChI is InChI=1S/C8H14O/c1-5(2)6-3-7-8(4-6)9-7/h5-8H,3-4H2,1-2H3/t6?,7-,8+. The van der Waals surface area contributed by atoms with Crippen LogP contribution in [-0.4, -0.2) is 12.2 Å². The molecule has 2 aliphatic rings. The summed E-state index contributed by atoms with van der Waals surface area (Å²) in [7, 11) is 0. The highest BCUT2D eigenvalue weighted by Gasteiger charge is 2.48. The SMILES string of the molecule is CC(C)C1C[C@@H]2O[C@@H]2C1. The van der Waals surface area contributed by atoms with Crippen LogP contribution in [0.4, 0.5) is 0 Å². The van der Waals surface area contributed by atoms with Crippen molar-refractivity contribution in [2.45, 2.75) is 38.9 Å². The smallest absolute Gasteiger partial charge is 0.0844 e. The lowest BCUT2D eigenvalue weighted by Crippen LogP contribution is -2.06. The molecule has 0 radical (unpaired) electrons. The fourth-order valence-corrected chi connectivity index (χ4v) is 1.83. The number of rotatable bonds is 1. The zero-order valence-corrected chi connectivity index (χ0v) is 6.13. The Morgan fingerprint density at radius 3 is 2.11 bits per heavy atom. The van der Waals surface area contributed by atoms with Gasteiger partial charge in [-0.15, -0.1) is 0 Å². The molecule has 1 heterocycles. The highest BCUT2D eigenvalue weighted by Crippen LogP contribution is 2.44. The Bertz CT molecular complexity index is 110. The van der Waals surface area contributed by atoms with E-state index in [0.717, 1.165) is 11.8 Å². The summed E-state index contributed by atoms with van der Waals surface area (Å²) >= 11 is 0. The van der Waals surface area contributed by atoms with Crippen LogP contribution in [-0.2, 0) is 4.74 Å². The third-order valence-corrected chi connectivity index (χ3v) is 2.70. The van der Waals surface area contributed by atoms with Gasteiger partial charge in [0.15, 0.2) is 0 Å². The average Bonchev–Trinajstić information content (AvgIpc) is 2.40. The Morgan fingerprint density at radius 2 is 1.78 bits per heavy atom. The lowest BCUT2D eigenvalue weighted by molar-refractivity contribution is 0.236.